The Morgan fingerprint density at radius 3 is 2.52 bits per heavy atom. The van der Waals surface area contributed by atoms with E-state index in [1.54, 1.807) is 13.2 Å². The van der Waals surface area contributed by atoms with Crippen molar-refractivity contribution in [3.63, 3.8) is 0 Å². The summed E-state index contributed by atoms with van der Waals surface area (Å²) in [5.74, 6) is 0.714. The third-order valence-corrected chi connectivity index (χ3v) is 5.06. The maximum absolute atomic E-state index is 12.6. The molecule has 0 aliphatic carbocycles. The van der Waals surface area contributed by atoms with Gasteiger partial charge in [-0.15, -0.1) is 0 Å². The molecule has 0 N–H and O–H groups in total. The molecule has 0 radical (unpaired) electrons. The van der Waals surface area contributed by atoms with E-state index in [0.717, 1.165) is 33.2 Å². The standard InChI is InChI=1S/C22H16N2O3/c1-27-15-7-8-18-17(11-15)16-9-10-23(13-14-5-3-2-4-6-14)19-12-20(25)22(26)24(18)21(16)19/h2-12H,13H2,1H3. The van der Waals surface area contributed by atoms with Crippen molar-refractivity contribution in [3.05, 3.63) is 93.0 Å². The summed E-state index contributed by atoms with van der Waals surface area (Å²) in [6.45, 7) is 0.620. The van der Waals surface area contributed by atoms with Gasteiger partial charge in [0, 0.05) is 29.6 Å². The molecule has 132 valence electrons. The second kappa shape index (κ2) is 5.71. The molecule has 27 heavy (non-hydrogen) atoms. The molecule has 0 saturated carbocycles. The molecule has 0 unspecified atom stereocenters. The fourth-order valence-electron chi connectivity index (χ4n) is 3.80. The number of fused-ring (bicyclic) bond motifs is 3. The zero-order chi connectivity index (χ0) is 18.5. The summed E-state index contributed by atoms with van der Waals surface area (Å²) in [5, 5.41) is 1.83. The van der Waals surface area contributed by atoms with E-state index in [0.29, 0.717) is 12.3 Å². The molecule has 0 saturated heterocycles. The Bertz CT molecular complexity index is 1370. The van der Waals surface area contributed by atoms with Crippen LogP contribution < -0.4 is 15.7 Å². The SMILES string of the molecule is COc1ccc2c(c1)c1ccn(Cc3ccccc3)c3cc(=O)c(=O)n2c1-3. The van der Waals surface area contributed by atoms with Gasteiger partial charge in [0.1, 0.15) is 5.75 Å². The predicted molar refractivity (Wildman–Crippen MR) is 105 cm³/mol. The van der Waals surface area contributed by atoms with Gasteiger partial charge in [0.05, 0.1) is 24.0 Å². The van der Waals surface area contributed by atoms with Gasteiger partial charge >= 0.3 is 5.56 Å². The largest absolute Gasteiger partial charge is 0.497 e. The number of methoxy groups -OCH3 is 1. The highest BCUT2D eigenvalue weighted by Gasteiger charge is 2.22. The zero-order valence-corrected chi connectivity index (χ0v) is 14.7. The van der Waals surface area contributed by atoms with E-state index >= 15 is 0 Å². The number of pyridine rings is 2. The lowest BCUT2D eigenvalue weighted by atomic mass is 10.1. The lowest BCUT2D eigenvalue weighted by molar-refractivity contribution is 0.415. The normalized spacial score (nSPS) is 11.6. The summed E-state index contributed by atoms with van der Waals surface area (Å²) in [4.78, 5) is 25.0. The van der Waals surface area contributed by atoms with Crippen LogP contribution in [0.2, 0.25) is 0 Å². The van der Waals surface area contributed by atoms with Crippen LogP contribution >= 0.6 is 0 Å². The Labute approximate surface area is 154 Å². The molecule has 0 spiro atoms. The van der Waals surface area contributed by atoms with E-state index < -0.39 is 11.0 Å². The summed E-state index contributed by atoms with van der Waals surface area (Å²) in [5.41, 5.74) is 2.32. The number of aromatic nitrogens is 2. The molecule has 5 rings (SSSR count). The van der Waals surface area contributed by atoms with E-state index in [-0.39, 0.29) is 0 Å². The minimum Gasteiger partial charge on any atom is -0.497 e. The first kappa shape index (κ1) is 15.6. The molecule has 0 bridgehead atoms. The van der Waals surface area contributed by atoms with Crippen LogP contribution in [-0.4, -0.2) is 16.1 Å². The Kier molecular flexibility index (Phi) is 3.31. The van der Waals surface area contributed by atoms with Crippen molar-refractivity contribution in [3.8, 4) is 17.1 Å². The first-order chi connectivity index (χ1) is 13.2. The van der Waals surface area contributed by atoms with Gasteiger partial charge in [-0.25, -0.2) is 0 Å². The molecule has 1 aromatic heterocycles. The third kappa shape index (κ3) is 2.25. The van der Waals surface area contributed by atoms with Gasteiger partial charge in [0.25, 0.3) is 0 Å². The van der Waals surface area contributed by atoms with Crippen molar-refractivity contribution < 1.29 is 4.74 Å². The number of hydrogen-bond donors (Lipinski definition) is 0. The molecular formula is C22H16N2O3. The summed E-state index contributed by atoms with van der Waals surface area (Å²) < 4.78 is 8.88. The fraction of sp³-hybridized carbons (Fsp3) is 0.0909. The quantitative estimate of drug-likeness (QED) is 0.467. The highest BCUT2D eigenvalue weighted by Crippen LogP contribution is 2.36. The molecule has 0 fully saturated rings. The maximum atomic E-state index is 12.6. The molecule has 3 aromatic rings. The Hall–Kier alpha value is -3.60. The smallest absolute Gasteiger partial charge is 0.303 e. The Morgan fingerprint density at radius 2 is 1.74 bits per heavy atom. The molecule has 2 aliphatic rings. The van der Waals surface area contributed by atoms with E-state index in [1.807, 2.05) is 59.3 Å². The van der Waals surface area contributed by atoms with Gasteiger partial charge in [-0.3, -0.25) is 14.0 Å². The van der Waals surface area contributed by atoms with E-state index in [4.69, 9.17) is 4.74 Å². The second-order valence-corrected chi connectivity index (χ2v) is 6.61. The van der Waals surface area contributed by atoms with Gasteiger partial charge < -0.3 is 9.30 Å². The van der Waals surface area contributed by atoms with Crippen molar-refractivity contribution in [2.24, 2.45) is 0 Å². The van der Waals surface area contributed by atoms with Crippen molar-refractivity contribution in [1.82, 2.24) is 8.97 Å². The molecule has 2 aliphatic heterocycles. The topological polar surface area (TPSA) is 52.7 Å². The second-order valence-electron chi connectivity index (χ2n) is 6.61. The van der Waals surface area contributed by atoms with Crippen molar-refractivity contribution in [2.45, 2.75) is 6.54 Å². The molecule has 5 heteroatoms. The van der Waals surface area contributed by atoms with Crippen LogP contribution in [0.5, 0.6) is 5.75 Å². The summed E-state index contributed by atoms with van der Waals surface area (Å²) in [7, 11) is 1.61. The van der Waals surface area contributed by atoms with Crippen LogP contribution in [0.1, 0.15) is 5.56 Å². The first-order valence-electron chi connectivity index (χ1n) is 8.69. The van der Waals surface area contributed by atoms with Gasteiger partial charge in [-0.2, -0.15) is 0 Å². The highest BCUT2D eigenvalue weighted by atomic mass is 16.5. The molecule has 2 aromatic carbocycles. The van der Waals surface area contributed by atoms with Crippen LogP contribution in [0.15, 0.2) is 76.4 Å². The van der Waals surface area contributed by atoms with E-state index in [9.17, 15) is 9.59 Å². The number of nitrogens with zero attached hydrogens (tertiary/aromatic N) is 2. The number of rotatable bonds is 3. The van der Waals surface area contributed by atoms with Crippen LogP contribution in [0.4, 0.5) is 0 Å². The summed E-state index contributed by atoms with van der Waals surface area (Å²) in [6.07, 6.45) is 1.97. The van der Waals surface area contributed by atoms with Crippen LogP contribution in [0.3, 0.4) is 0 Å². The third-order valence-electron chi connectivity index (χ3n) is 5.06. The van der Waals surface area contributed by atoms with Gasteiger partial charge in [-0.05, 0) is 29.8 Å². The molecule has 5 nitrogen and oxygen atoms in total. The minimum absolute atomic E-state index is 0.509. The monoisotopic (exact) mass is 356 g/mol. The van der Waals surface area contributed by atoms with Gasteiger partial charge in [-0.1, -0.05) is 30.3 Å². The predicted octanol–water partition coefficient (Wildman–Crippen LogP) is 3.21. The molecule has 0 atom stereocenters. The lowest BCUT2D eigenvalue weighted by Crippen LogP contribution is -2.31. The zero-order valence-electron chi connectivity index (χ0n) is 14.7. The van der Waals surface area contributed by atoms with Gasteiger partial charge in [0.2, 0.25) is 5.43 Å². The van der Waals surface area contributed by atoms with Crippen LogP contribution in [0.25, 0.3) is 27.7 Å². The Morgan fingerprint density at radius 1 is 0.926 bits per heavy atom. The minimum atomic E-state index is -0.523. The van der Waals surface area contributed by atoms with E-state index in [2.05, 4.69) is 0 Å². The van der Waals surface area contributed by atoms with Gasteiger partial charge in [0.15, 0.2) is 0 Å². The number of ether oxygens (including phenoxy) is 1. The number of hydrogen-bond acceptors (Lipinski definition) is 3. The lowest BCUT2D eigenvalue weighted by Gasteiger charge is -2.16. The summed E-state index contributed by atoms with van der Waals surface area (Å²) in [6, 6.07) is 19.0. The first-order valence-corrected chi connectivity index (χ1v) is 8.69. The maximum Gasteiger partial charge on any atom is 0.303 e. The highest BCUT2D eigenvalue weighted by molar-refractivity contribution is 6.07. The van der Waals surface area contributed by atoms with Crippen molar-refractivity contribution in [2.75, 3.05) is 7.11 Å². The Balaban J connectivity index is 1.87. The summed E-state index contributed by atoms with van der Waals surface area (Å²) >= 11 is 0. The van der Waals surface area contributed by atoms with Crippen LogP contribution in [-0.2, 0) is 6.54 Å². The average molecular weight is 356 g/mol. The van der Waals surface area contributed by atoms with Crippen molar-refractivity contribution >= 4 is 16.3 Å². The average Bonchev–Trinajstić information content (AvgIpc) is 3.03. The number of benzene rings is 2. The molecule has 0 amide bonds. The molecular weight excluding hydrogens is 340 g/mol. The van der Waals surface area contributed by atoms with Crippen molar-refractivity contribution in [1.29, 1.82) is 0 Å². The fourth-order valence-corrected chi connectivity index (χ4v) is 3.80. The van der Waals surface area contributed by atoms with E-state index in [1.165, 1.54) is 10.5 Å². The molecule has 3 heterocycles. The van der Waals surface area contributed by atoms with Crippen LogP contribution in [0, 0.1) is 0 Å².